The van der Waals surface area contributed by atoms with E-state index < -0.39 is 0 Å². The largest absolute Gasteiger partial charge is 0.311 e. The molecule has 26 heavy (non-hydrogen) atoms. The van der Waals surface area contributed by atoms with E-state index in [4.69, 9.17) is 0 Å². The molecule has 0 atom stereocenters. The van der Waals surface area contributed by atoms with Crippen molar-refractivity contribution in [2.45, 2.75) is 19.4 Å². The SMILES string of the molecule is C(#Cc1ncnc2c1ncn2Cc1ccccc1)CCc1ccccc1. The molecule has 4 aromatic rings. The molecule has 4 nitrogen and oxygen atoms in total. The van der Waals surface area contributed by atoms with E-state index >= 15 is 0 Å². The Hall–Kier alpha value is -3.45. The number of nitrogens with zero attached hydrogens (tertiary/aromatic N) is 4. The van der Waals surface area contributed by atoms with Crippen molar-refractivity contribution in [3.8, 4) is 11.8 Å². The number of imidazole rings is 1. The number of hydrogen-bond acceptors (Lipinski definition) is 3. The number of rotatable bonds is 4. The van der Waals surface area contributed by atoms with Crippen LogP contribution in [0.4, 0.5) is 0 Å². The first-order valence-corrected chi connectivity index (χ1v) is 8.63. The summed E-state index contributed by atoms with van der Waals surface area (Å²) in [6.07, 6.45) is 5.10. The molecule has 0 amide bonds. The smallest absolute Gasteiger partial charge is 0.164 e. The molecule has 0 aliphatic rings. The average Bonchev–Trinajstić information content (AvgIpc) is 3.10. The average molecular weight is 338 g/mol. The highest BCUT2D eigenvalue weighted by Crippen LogP contribution is 2.14. The maximum atomic E-state index is 4.49. The van der Waals surface area contributed by atoms with Crippen LogP contribution in [-0.4, -0.2) is 19.5 Å². The highest BCUT2D eigenvalue weighted by molar-refractivity contribution is 5.76. The van der Waals surface area contributed by atoms with Crippen LogP contribution in [-0.2, 0) is 13.0 Å². The van der Waals surface area contributed by atoms with Crippen molar-refractivity contribution in [3.63, 3.8) is 0 Å². The summed E-state index contributed by atoms with van der Waals surface area (Å²) >= 11 is 0. The van der Waals surface area contributed by atoms with Gasteiger partial charge in [0.25, 0.3) is 0 Å². The van der Waals surface area contributed by atoms with Crippen LogP contribution < -0.4 is 0 Å². The fourth-order valence-electron chi connectivity index (χ4n) is 2.87. The van der Waals surface area contributed by atoms with Crippen LogP contribution >= 0.6 is 0 Å². The number of hydrogen-bond donors (Lipinski definition) is 0. The molecule has 0 bridgehead atoms. The molecule has 0 aliphatic carbocycles. The van der Waals surface area contributed by atoms with Gasteiger partial charge < -0.3 is 4.57 Å². The normalized spacial score (nSPS) is 10.5. The molecular formula is C22H18N4. The first kappa shape index (κ1) is 16.0. The standard InChI is InChI=1S/C22H18N4/c1-3-9-18(10-4-1)11-7-8-14-20-21-22(24-16-23-20)26(17-25-21)15-19-12-5-2-6-13-19/h1-6,9-10,12-13,16-17H,7,11,15H2. The Labute approximate surface area is 152 Å². The first-order chi connectivity index (χ1) is 12.9. The van der Waals surface area contributed by atoms with Crippen molar-refractivity contribution >= 4 is 11.2 Å². The summed E-state index contributed by atoms with van der Waals surface area (Å²) in [7, 11) is 0. The maximum Gasteiger partial charge on any atom is 0.164 e. The first-order valence-electron chi connectivity index (χ1n) is 8.63. The van der Waals surface area contributed by atoms with Crippen LogP contribution in [0.5, 0.6) is 0 Å². The van der Waals surface area contributed by atoms with Gasteiger partial charge in [-0.15, -0.1) is 0 Å². The summed E-state index contributed by atoms with van der Waals surface area (Å²) in [5.74, 6) is 6.37. The Balaban J connectivity index is 1.53. The van der Waals surface area contributed by atoms with Gasteiger partial charge in [0.2, 0.25) is 0 Å². The topological polar surface area (TPSA) is 43.6 Å². The van der Waals surface area contributed by atoms with Crippen LogP contribution in [0.3, 0.4) is 0 Å². The van der Waals surface area contributed by atoms with Crippen molar-refractivity contribution in [2.75, 3.05) is 0 Å². The summed E-state index contributed by atoms with van der Waals surface area (Å²) < 4.78 is 2.03. The Kier molecular flexibility index (Phi) is 4.70. The van der Waals surface area contributed by atoms with Crippen LogP contribution in [0.1, 0.15) is 23.2 Å². The fraction of sp³-hybridized carbons (Fsp3) is 0.136. The van der Waals surface area contributed by atoms with E-state index in [-0.39, 0.29) is 0 Å². The van der Waals surface area contributed by atoms with Crippen LogP contribution in [0.2, 0.25) is 0 Å². The van der Waals surface area contributed by atoms with E-state index in [2.05, 4.69) is 63.2 Å². The van der Waals surface area contributed by atoms with Gasteiger partial charge in [-0.25, -0.2) is 15.0 Å². The van der Waals surface area contributed by atoms with Gasteiger partial charge >= 0.3 is 0 Å². The lowest BCUT2D eigenvalue weighted by Crippen LogP contribution is -1.99. The number of fused-ring (bicyclic) bond motifs is 1. The minimum absolute atomic E-state index is 0.690. The highest BCUT2D eigenvalue weighted by atomic mass is 15.1. The van der Waals surface area contributed by atoms with Crippen LogP contribution in [0, 0.1) is 11.8 Å². The molecular weight excluding hydrogens is 320 g/mol. The molecule has 4 heteroatoms. The molecule has 0 unspecified atom stereocenters. The predicted octanol–water partition coefficient (Wildman–Crippen LogP) is 3.86. The summed E-state index contributed by atoms with van der Waals surface area (Å²) in [5, 5.41) is 0. The molecule has 126 valence electrons. The van der Waals surface area contributed by atoms with Gasteiger partial charge in [-0.3, -0.25) is 0 Å². The third-order valence-corrected chi connectivity index (χ3v) is 4.19. The monoisotopic (exact) mass is 338 g/mol. The molecule has 2 aromatic carbocycles. The summed E-state index contributed by atoms with van der Waals surface area (Å²) in [6, 6.07) is 20.6. The number of benzene rings is 2. The van der Waals surface area contributed by atoms with Crippen molar-refractivity contribution in [3.05, 3.63) is 90.1 Å². The highest BCUT2D eigenvalue weighted by Gasteiger charge is 2.08. The van der Waals surface area contributed by atoms with Gasteiger partial charge in [0, 0.05) is 6.42 Å². The van der Waals surface area contributed by atoms with Crippen LogP contribution in [0.15, 0.2) is 73.3 Å². The van der Waals surface area contributed by atoms with Crippen molar-refractivity contribution in [1.82, 2.24) is 19.5 Å². The van der Waals surface area contributed by atoms with Crippen molar-refractivity contribution < 1.29 is 0 Å². The zero-order valence-electron chi connectivity index (χ0n) is 14.3. The third kappa shape index (κ3) is 3.62. The van der Waals surface area contributed by atoms with Crippen molar-refractivity contribution in [2.24, 2.45) is 0 Å². The molecule has 0 spiro atoms. The summed E-state index contributed by atoms with van der Waals surface area (Å²) in [5.41, 5.74) is 4.77. The Morgan fingerprint density at radius 2 is 1.54 bits per heavy atom. The lowest BCUT2D eigenvalue weighted by atomic mass is 10.1. The Bertz CT molecular complexity index is 1060. The molecule has 0 N–H and O–H groups in total. The van der Waals surface area contributed by atoms with E-state index in [0.717, 1.165) is 30.6 Å². The predicted molar refractivity (Wildman–Crippen MR) is 103 cm³/mol. The second kappa shape index (κ2) is 7.62. The minimum atomic E-state index is 0.690. The quantitative estimate of drug-likeness (QED) is 0.531. The van der Waals surface area contributed by atoms with Gasteiger partial charge in [-0.1, -0.05) is 66.6 Å². The lowest BCUT2D eigenvalue weighted by molar-refractivity contribution is 0.813. The Morgan fingerprint density at radius 3 is 2.31 bits per heavy atom. The van der Waals surface area contributed by atoms with E-state index in [1.807, 2.05) is 35.2 Å². The summed E-state index contributed by atoms with van der Waals surface area (Å²) in [6.45, 7) is 0.731. The van der Waals surface area contributed by atoms with Gasteiger partial charge in [0.1, 0.15) is 17.5 Å². The molecule has 4 rings (SSSR count). The molecule has 0 aliphatic heterocycles. The third-order valence-electron chi connectivity index (χ3n) is 4.19. The van der Waals surface area contributed by atoms with E-state index in [0.29, 0.717) is 5.69 Å². The molecule has 0 saturated heterocycles. The zero-order valence-corrected chi connectivity index (χ0v) is 14.3. The second-order valence-electron chi connectivity index (χ2n) is 6.04. The second-order valence-corrected chi connectivity index (χ2v) is 6.04. The number of aryl methyl sites for hydroxylation is 1. The molecule has 0 saturated carbocycles. The molecule has 2 aromatic heterocycles. The minimum Gasteiger partial charge on any atom is -0.311 e. The molecule has 0 radical (unpaired) electrons. The zero-order chi connectivity index (χ0) is 17.6. The van der Waals surface area contributed by atoms with Gasteiger partial charge in [-0.05, 0) is 23.5 Å². The maximum absolute atomic E-state index is 4.49. The van der Waals surface area contributed by atoms with Crippen molar-refractivity contribution in [1.29, 1.82) is 0 Å². The number of aromatic nitrogens is 4. The molecule has 0 fully saturated rings. The Morgan fingerprint density at radius 1 is 0.808 bits per heavy atom. The van der Waals surface area contributed by atoms with E-state index in [9.17, 15) is 0 Å². The van der Waals surface area contributed by atoms with Crippen LogP contribution in [0.25, 0.3) is 11.2 Å². The van der Waals surface area contributed by atoms with Gasteiger partial charge in [-0.2, -0.15) is 0 Å². The van der Waals surface area contributed by atoms with E-state index in [1.165, 1.54) is 11.1 Å². The lowest BCUT2D eigenvalue weighted by Gasteiger charge is -2.03. The summed E-state index contributed by atoms with van der Waals surface area (Å²) in [4.78, 5) is 13.2. The van der Waals surface area contributed by atoms with Gasteiger partial charge in [0.05, 0.1) is 12.9 Å². The van der Waals surface area contributed by atoms with E-state index in [1.54, 1.807) is 6.33 Å². The fourth-order valence-corrected chi connectivity index (χ4v) is 2.87. The molecule has 2 heterocycles. The van der Waals surface area contributed by atoms with Gasteiger partial charge in [0.15, 0.2) is 5.65 Å².